The van der Waals surface area contributed by atoms with Gasteiger partial charge in [-0.2, -0.15) is 0 Å². The van der Waals surface area contributed by atoms with Crippen molar-refractivity contribution in [3.05, 3.63) is 12.7 Å². The summed E-state index contributed by atoms with van der Waals surface area (Å²) < 4.78 is 4.67. The number of rotatable bonds is 4. The summed E-state index contributed by atoms with van der Waals surface area (Å²) in [5.74, 6) is -0.330. The molecule has 2 nitrogen and oxygen atoms in total. The smallest absolute Gasteiger partial charge is 1.00 e. The van der Waals surface area contributed by atoms with Gasteiger partial charge >= 0.3 is 35.5 Å². The molecule has 0 aromatic carbocycles. The van der Waals surface area contributed by atoms with E-state index in [1.807, 2.05) is 6.92 Å². The molecule has 0 radical (unpaired) electrons. The largest absolute Gasteiger partial charge is 1.00 e. The van der Waals surface area contributed by atoms with E-state index in [4.69, 9.17) is 0 Å². The summed E-state index contributed by atoms with van der Waals surface area (Å²) in [6.07, 6.45) is 3.15. The third kappa shape index (κ3) is 8.21. The predicted molar refractivity (Wildman–Crippen MR) is 37.2 cm³/mol. The molecule has 0 bridgehead atoms. The number of carbonyl (C=O) groups excluding carboxylic acids is 1. The summed E-state index contributed by atoms with van der Waals surface area (Å²) in [7, 11) is 0. The van der Waals surface area contributed by atoms with Gasteiger partial charge in [0, 0.05) is 6.08 Å². The standard InChI is InChI=1S/C7H12O2.Na.H/c1-3-5-6-9-7(8)4-2;;/h4H,2-3,5-6H2,1H3;;/q;+1;-1. The first-order valence-electron chi connectivity index (χ1n) is 3.10. The second-order valence-electron chi connectivity index (χ2n) is 1.73. The third-order valence-electron chi connectivity index (χ3n) is 0.909. The van der Waals surface area contributed by atoms with Gasteiger partial charge in [-0.15, -0.1) is 0 Å². The number of ether oxygens (including phenoxy) is 1. The molecule has 54 valence electrons. The molecule has 0 spiro atoms. The first-order valence-corrected chi connectivity index (χ1v) is 3.10. The SMILES string of the molecule is C=CC(=O)OCCCC.[H-].[Na+]. The molecule has 0 aromatic heterocycles. The van der Waals surface area contributed by atoms with Crippen molar-refractivity contribution in [2.24, 2.45) is 0 Å². The average molecular weight is 152 g/mol. The van der Waals surface area contributed by atoms with E-state index in [2.05, 4.69) is 11.3 Å². The second-order valence-corrected chi connectivity index (χ2v) is 1.73. The average Bonchev–Trinajstić information content (AvgIpc) is 1.89. The van der Waals surface area contributed by atoms with Gasteiger partial charge in [0.05, 0.1) is 6.61 Å². The van der Waals surface area contributed by atoms with Crippen molar-refractivity contribution in [3.63, 3.8) is 0 Å². The summed E-state index contributed by atoms with van der Waals surface area (Å²) in [6, 6.07) is 0. The maximum Gasteiger partial charge on any atom is 1.00 e. The molecule has 0 atom stereocenters. The molecule has 0 aromatic rings. The van der Waals surface area contributed by atoms with Crippen LogP contribution < -0.4 is 29.6 Å². The molecular formula is C7H13NaO2. The molecule has 0 aliphatic heterocycles. The molecule has 10 heavy (non-hydrogen) atoms. The fraction of sp³-hybridized carbons (Fsp3) is 0.571. The first kappa shape index (κ1) is 12.8. The van der Waals surface area contributed by atoms with Crippen molar-refractivity contribution < 1.29 is 40.5 Å². The molecule has 0 aliphatic carbocycles. The molecule has 0 N–H and O–H groups in total. The zero-order chi connectivity index (χ0) is 7.11. The van der Waals surface area contributed by atoms with Crippen molar-refractivity contribution in [3.8, 4) is 0 Å². The molecule has 0 rings (SSSR count). The first-order chi connectivity index (χ1) is 4.31. The van der Waals surface area contributed by atoms with E-state index in [1.54, 1.807) is 0 Å². The molecular weight excluding hydrogens is 139 g/mol. The number of hydrogen-bond acceptors (Lipinski definition) is 2. The molecule has 0 amide bonds. The van der Waals surface area contributed by atoms with Crippen molar-refractivity contribution in [1.29, 1.82) is 0 Å². The maximum atomic E-state index is 10.3. The second kappa shape index (κ2) is 9.21. The van der Waals surface area contributed by atoms with Gasteiger partial charge in [-0.3, -0.25) is 0 Å². The Morgan fingerprint density at radius 2 is 2.40 bits per heavy atom. The Bertz CT molecular complexity index is 107. The van der Waals surface area contributed by atoms with E-state index in [-0.39, 0.29) is 37.0 Å². The van der Waals surface area contributed by atoms with E-state index < -0.39 is 0 Å². The predicted octanol–water partition coefficient (Wildman–Crippen LogP) is -1.37. The molecule has 0 unspecified atom stereocenters. The van der Waals surface area contributed by atoms with Crippen molar-refractivity contribution in [2.75, 3.05) is 6.61 Å². The molecule has 0 saturated heterocycles. The van der Waals surface area contributed by atoms with Gasteiger partial charge in [0.25, 0.3) is 0 Å². The van der Waals surface area contributed by atoms with Crippen LogP contribution in [0.5, 0.6) is 0 Å². The minimum Gasteiger partial charge on any atom is -1.00 e. The van der Waals surface area contributed by atoms with Crippen LogP contribution in [0, 0.1) is 0 Å². The van der Waals surface area contributed by atoms with Crippen LogP contribution in [-0.2, 0) is 9.53 Å². The van der Waals surface area contributed by atoms with E-state index in [1.165, 1.54) is 6.08 Å². The van der Waals surface area contributed by atoms with Crippen LogP contribution in [0.4, 0.5) is 0 Å². The van der Waals surface area contributed by atoms with E-state index in [9.17, 15) is 4.79 Å². The Balaban J connectivity index is -0.000000320. The molecule has 0 fully saturated rings. The Kier molecular flexibility index (Phi) is 11.8. The van der Waals surface area contributed by atoms with Gasteiger partial charge in [0.1, 0.15) is 0 Å². The Hall–Kier alpha value is 0.210. The maximum absolute atomic E-state index is 10.3. The van der Waals surface area contributed by atoms with Gasteiger partial charge < -0.3 is 6.16 Å². The van der Waals surface area contributed by atoms with Crippen LogP contribution in [0.25, 0.3) is 0 Å². The van der Waals surface area contributed by atoms with Crippen molar-refractivity contribution in [1.82, 2.24) is 0 Å². The quantitative estimate of drug-likeness (QED) is 0.215. The summed E-state index contributed by atoms with van der Waals surface area (Å²) >= 11 is 0. The van der Waals surface area contributed by atoms with Gasteiger partial charge in [0.15, 0.2) is 0 Å². The minimum atomic E-state index is -0.330. The topological polar surface area (TPSA) is 26.3 Å². The minimum absolute atomic E-state index is 0. The van der Waals surface area contributed by atoms with Gasteiger partial charge in [-0.25, -0.2) is 4.79 Å². The fourth-order valence-corrected chi connectivity index (χ4v) is 0.376. The van der Waals surface area contributed by atoms with Crippen LogP contribution in [-0.4, -0.2) is 12.6 Å². The van der Waals surface area contributed by atoms with Gasteiger partial charge in [-0.1, -0.05) is 19.9 Å². The van der Waals surface area contributed by atoms with Crippen LogP contribution in [0.2, 0.25) is 0 Å². The van der Waals surface area contributed by atoms with Crippen LogP contribution >= 0.6 is 0 Å². The third-order valence-corrected chi connectivity index (χ3v) is 0.909. The van der Waals surface area contributed by atoms with E-state index in [0.717, 1.165) is 12.8 Å². The summed E-state index contributed by atoms with van der Waals surface area (Å²) in [4.78, 5) is 10.3. The zero-order valence-electron chi connectivity index (χ0n) is 7.72. The molecule has 0 saturated carbocycles. The van der Waals surface area contributed by atoms with E-state index >= 15 is 0 Å². The number of esters is 1. The fourth-order valence-electron chi connectivity index (χ4n) is 0.376. The van der Waals surface area contributed by atoms with Gasteiger partial charge in [0.2, 0.25) is 0 Å². The molecule has 0 heterocycles. The summed E-state index contributed by atoms with van der Waals surface area (Å²) in [5, 5.41) is 0. The van der Waals surface area contributed by atoms with Gasteiger partial charge in [-0.05, 0) is 6.42 Å². The van der Waals surface area contributed by atoms with Crippen LogP contribution in [0.3, 0.4) is 0 Å². The number of hydrogen-bond donors (Lipinski definition) is 0. The molecule has 3 heteroatoms. The Morgan fingerprint density at radius 3 is 2.80 bits per heavy atom. The number of carbonyl (C=O) groups is 1. The Labute approximate surface area is 85.4 Å². The van der Waals surface area contributed by atoms with Crippen LogP contribution in [0.15, 0.2) is 12.7 Å². The monoisotopic (exact) mass is 152 g/mol. The van der Waals surface area contributed by atoms with Crippen molar-refractivity contribution in [2.45, 2.75) is 19.8 Å². The summed E-state index contributed by atoms with van der Waals surface area (Å²) in [6.45, 7) is 5.82. The number of unbranched alkanes of at least 4 members (excludes halogenated alkanes) is 1. The zero-order valence-corrected chi connectivity index (χ0v) is 8.72. The van der Waals surface area contributed by atoms with Crippen molar-refractivity contribution >= 4 is 5.97 Å². The van der Waals surface area contributed by atoms with Crippen LogP contribution in [0.1, 0.15) is 21.2 Å². The molecule has 0 aliphatic rings. The Morgan fingerprint density at radius 1 is 1.80 bits per heavy atom. The summed E-state index contributed by atoms with van der Waals surface area (Å²) in [5.41, 5.74) is 0. The normalized spacial score (nSPS) is 7.70. The van der Waals surface area contributed by atoms with E-state index in [0.29, 0.717) is 6.61 Å².